The molecule has 1 aliphatic heterocycles. The maximum Gasteiger partial charge on any atom is 0.260 e. The number of methoxy groups -OCH3 is 1. The summed E-state index contributed by atoms with van der Waals surface area (Å²) in [5.74, 6) is -0.257. The number of ether oxygens (including phenoxy) is 1. The van der Waals surface area contributed by atoms with Crippen LogP contribution < -0.4 is 10.6 Å². The highest BCUT2D eigenvalue weighted by Gasteiger charge is 2.23. The maximum atomic E-state index is 12.0. The summed E-state index contributed by atoms with van der Waals surface area (Å²) in [7, 11) is 1.60. The third-order valence-electron chi connectivity index (χ3n) is 3.81. The summed E-state index contributed by atoms with van der Waals surface area (Å²) in [4.78, 5) is 31.6. The zero-order chi connectivity index (χ0) is 17.6. The molecule has 2 amide bonds. The van der Waals surface area contributed by atoms with Crippen LogP contribution in [0.4, 0.5) is 5.13 Å². The van der Waals surface area contributed by atoms with E-state index >= 15 is 0 Å². The Hall–Kier alpha value is -2.23. The largest absolute Gasteiger partial charge is 0.472 e. The van der Waals surface area contributed by atoms with E-state index in [1.165, 1.54) is 23.9 Å². The van der Waals surface area contributed by atoms with Gasteiger partial charge in [-0.25, -0.2) is 4.98 Å². The van der Waals surface area contributed by atoms with Gasteiger partial charge in [-0.05, 0) is 6.07 Å². The van der Waals surface area contributed by atoms with E-state index in [1.807, 2.05) is 0 Å². The van der Waals surface area contributed by atoms with Crippen molar-refractivity contribution in [3.05, 3.63) is 34.7 Å². The molecule has 3 rings (SSSR count). The number of carbonyl (C=O) groups excluding carboxylic acids is 2. The SMILES string of the molecule is COCCNC(=O)CN1CCc2nc(NC(=O)c3ccoc3)sc2C1. The van der Waals surface area contributed by atoms with E-state index in [0.717, 1.165) is 23.5 Å². The Labute approximate surface area is 149 Å². The number of hydrogen-bond donors (Lipinski definition) is 2. The van der Waals surface area contributed by atoms with Crippen LogP contribution in [0.25, 0.3) is 0 Å². The number of nitrogens with one attached hydrogen (secondary N) is 2. The minimum atomic E-state index is -0.241. The molecule has 0 radical (unpaired) electrons. The molecule has 0 saturated carbocycles. The standard InChI is InChI=1S/C16H20N4O4S/c1-23-7-4-17-14(21)9-20-5-2-12-13(8-20)25-16(18-12)19-15(22)11-3-6-24-10-11/h3,6,10H,2,4-5,7-9H2,1H3,(H,17,21)(H,18,19,22). The number of nitrogens with zero attached hydrogens (tertiary/aromatic N) is 2. The molecular formula is C16H20N4O4S. The number of rotatable bonds is 7. The summed E-state index contributed by atoms with van der Waals surface area (Å²) in [6.07, 6.45) is 3.61. The highest BCUT2D eigenvalue weighted by Crippen LogP contribution is 2.28. The Kier molecular flexibility index (Phi) is 5.79. The molecule has 0 bridgehead atoms. The Bertz CT molecular complexity index is 729. The van der Waals surface area contributed by atoms with Crippen molar-refractivity contribution in [2.75, 3.05) is 38.7 Å². The molecule has 2 N–H and O–H groups in total. The lowest BCUT2D eigenvalue weighted by Crippen LogP contribution is -2.40. The smallest absolute Gasteiger partial charge is 0.260 e. The van der Waals surface area contributed by atoms with Crippen LogP contribution in [0.5, 0.6) is 0 Å². The molecule has 134 valence electrons. The number of thiazole rings is 1. The summed E-state index contributed by atoms with van der Waals surface area (Å²) in [5, 5.41) is 6.18. The number of furan rings is 1. The number of fused-ring (bicyclic) bond motifs is 1. The van der Waals surface area contributed by atoms with Crippen LogP contribution in [0.15, 0.2) is 23.0 Å². The van der Waals surface area contributed by atoms with Gasteiger partial charge in [-0.1, -0.05) is 0 Å². The predicted molar refractivity (Wildman–Crippen MR) is 92.6 cm³/mol. The minimum Gasteiger partial charge on any atom is -0.472 e. The number of anilines is 1. The van der Waals surface area contributed by atoms with E-state index in [4.69, 9.17) is 9.15 Å². The summed E-state index contributed by atoms with van der Waals surface area (Å²) in [6, 6.07) is 1.60. The fourth-order valence-electron chi connectivity index (χ4n) is 2.55. The monoisotopic (exact) mass is 364 g/mol. The van der Waals surface area contributed by atoms with E-state index in [-0.39, 0.29) is 11.8 Å². The van der Waals surface area contributed by atoms with Gasteiger partial charge in [-0.3, -0.25) is 19.8 Å². The van der Waals surface area contributed by atoms with Gasteiger partial charge in [0.05, 0.1) is 30.7 Å². The fraction of sp³-hybridized carbons (Fsp3) is 0.438. The average molecular weight is 364 g/mol. The van der Waals surface area contributed by atoms with Gasteiger partial charge in [0.15, 0.2) is 5.13 Å². The number of aromatic nitrogens is 1. The predicted octanol–water partition coefficient (Wildman–Crippen LogP) is 1.11. The summed E-state index contributed by atoms with van der Waals surface area (Å²) in [6.45, 7) is 2.79. The molecule has 0 saturated heterocycles. The lowest BCUT2D eigenvalue weighted by atomic mass is 10.2. The minimum absolute atomic E-state index is 0.0153. The van der Waals surface area contributed by atoms with Crippen molar-refractivity contribution < 1.29 is 18.7 Å². The fourth-order valence-corrected chi connectivity index (χ4v) is 3.60. The molecule has 0 fully saturated rings. The Morgan fingerprint density at radius 2 is 2.36 bits per heavy atom. The normalized spacial score (nSPS) is 14.1. The van der Waals surface area contributed by atoms with E-state index in [1.54, 1.807) is 13.2 Å². The van der Waals surface area contributed by atoms with E-state index in [9.17, 15) is 9.59 Å². The van der Waals surface area contributed by atoms with Crippen LogP contribution in [0, 0.1) is 0 Å². The number of carbonyl (C=O) groups is 2. The third kappa shape index (κ3) is 4.65. The molecule has 0 atom stereocenters. The second-order valence-corrected chi connectivity index (χ2v) is 6.74. The molecule has 3 heterocycles. The van der Waals surface area contributed by atoms with Crippen LogP contribution in [0.2, 0.25) is 0 Å². The first-order chi connectivity index (χ1) is 12.2. The summed E-state index contributed by atoms with van der Waals surface area (Å²) < 4.78 is 9.83. The Morgan fingerprint density at radius 3 is 3.12 bits per heavy atom. The first kappa shape index (κ1) is 17.6. The van der Waals surface area contributed by atoms with Crippen molar-refractivity contribution in [2.24, 2.45) is 0 Å². The third-order valence-corrected chi connectivity index (χ3v) is 4.81. The van der Waals surface area contributed by atoms with E-state index in [0.29, 0.717) is 36.9 Å². The van der Waals surface area contributed by atoms with Gasteiger partial charge in [0.2, 0.25) is 5.91 Å². The van der Waals surface area contributed by atoms with Gasteiger partial charge in [0, 0.05) is 38.0 Å². The molecule has 1 aliphatic rings. The van der Waals surface area contributed by atoms with Gasteiger partial charge in [-0.2, -0.15) is 0 Å². The van der Waals surface area contributed by atoms with Gasteiger partial charge < -0.3 is 14.5 Å². The van der Waals surface area contributed by atoms with Crippen molar-refractivity contribution in [2.45, 2.75) is 13.0 Å². The number of amides is 2. The zero-order valence-electron chi connectivity index (χ0n) is 13.9. The van der Waals surface area contributed by atoms with Crippen molar-refractivity contribution in [1.82, 2.24) is 15.2 Å². The van der Waals surface area contributed by atoms with Crippen molar-refractivity contribution in [1.29, 1.82) is 0 Å². The first-order valence-corrected chi connectivity index (χ1v) is 8.77. The van der Waals surface area contributed by atoms with Crippen LogP contribution in [-0.2, 0) is 22.5 Å². The first-order valence-electron chi connectivity index (χ1n) is 7.96. The van der Waals surface area contributed by atoms with Crippen LogP contribution in [0.1, 0.15) is 20.9 Å². The Balaban J connectivity index is 1.54. The molecular weight excluding hydrogens is 344 g/mol. The molecule has 8 nitrogen and oxygen atoms in total. The topological polar surface area (TPSA) is 96.7 Å². The van der Waals surface area contributed by atoms with Crippen LogP contribution in [0.3, 0.4) is 0 Å². The zero-order valence-corrected chi connectivity index (χ0v) is 14.7. The quantitative estimate of drug-likeness (QED) is 0.715. The molecule has 2 aromatic heterocycles. The summed E-state index contributed by atoms with van der Waals surface area (Å²) >= 11 is 1.45. The van der Waals surface area contributed by atoms with Crippen molar-refractivity contribution in [3.63, 3.8) is 0 Å². The molecule has 25 heavy (non-hydrogen) atoms. The van der Waals surface area contributed by atoms with Crippen LogP contribution >= 0.6 is 11.3 Å². The molecule has 2 aromatic rings. The second-order valence-electron chi connectivity index (χ2n) is 5.66. The van der Waals surface area contributed by atoms with E-state index < -0.39 is 0 Å². The Morgan fingerprint density at radius 1 is 1.48 bits per heavy atom. The van der Waals surface area contributed by atoms with E-state index in [2.05, 4.69) is 20.5 Å². The summed E-state index contributed by atoms with van der Waals surface area (Å²) in [5.41, 5.74) is 1.45. The highest BCUT2D eigenvalue weighted by molar-refractivity contribution is 7.15. The maximum absolute atomic E-state index is 12.0. The van der Waals surface area contributed by atoms with Gasteiger partial charge in [0.25, 0.3) is 5.91 Å². The van der Waals surface area contributed by atoms with Gasteiger partial charge in [0.1, 0.15) is 6.26 Å². The van der Waals surface area contributed by atoms with Gasteiger partial charge in [-0.15, -0.1) is 11.3 Å². The van der Waals surface area contributed by atoms with Crippen LogP contribution in [-0.4, -0.2) is 55.0 Å². The lowest BCUT2D eigenvalue weighted by Gasteiger charge is -2.25. The lowest BCUT2D eigenvalue weighted by molar-refractivity contribution is -0.122. The second kappa shape index (κ2) is 8.24. The number of hydrogen-bond acceptors (Lipinski definition) is 7. The van der Waals surface area contributed by atoms with Crippen molar-refractivity contribution in [3.8, 4) is 0 Å². The molecule has 0 aromatic carbocycles. The molecule has 0 unspecified atom stereocenters. The molecule has 0 aliphatic carbocycles. The average Bonchev–Trinajstić information content (AvgIpc) is 3.23. The van der Waals surface area contributed by atoms with Gasteiger partial charge >= 0.3 is 0 Å². The molecule has 9 heteroatoms. The molecule has 0 spiro atoms. The van der Waals surface area contributed by atoms with Crippen molar-refractivity contribution >= 4 is 28.3 Å². The highest BCUT2D eigenvalue weighted by atomic mass is 32.1.